The third kappa shape index (κ3) is 2.48. The largest absolute Gasteiger partial charge is 0.383 e. The molecule has 1 rings (SSSR count). The number of halogens is 1. The average molecular weight is 229 g/mol. The molecule has 0 aromatic carbocycles. The van der Waals surface area contributed by atoms with Crippen LogP contribution in [0.25, 0.3) is 0 Å². The lowest BCUT2D eigenvalue weighted by molar-refractivity contribution is 0.973. The molecule has 0 saturated heterocycles. The summed E-state index contributed by atoms with van der Waals surface area (Å²) < 4.78 is 0.899. The van der Waals surface area contributed by atoms with Gasteiger partial charge in [0.1, 0.15) is 4.60 Å². The molecule has 0 bridgehead atoms. The molecule has 1 aromatic heterocycles. The third-order valence-electron chi connectivity index (χ3n) is 1.55. The Morgan fingerprint density at radius 1 is 1.50 bits per heavy atom. The lowest BCUT2D eigenvalue weighted by Gasteiger charge is -2.06. The van der Waals surface area contributed by atoms with Crippen molar-refractivity contribution in [2.75, 3.05) is 11.9 Å². The van der Waals surface area contributed by atoms with Crippen LogP contribution in [0.4, 0.5) is 5.69 Å². The van der Waals surface area contributed by atoms with E-state index in [1.165, 1.54) is 0 Å². The Hall–Kier alpha value is -0.570. The Morgan fingerprint density at radius 3 is 2.83 bits per heavy atom. The molecule has 1 N–H and O–H groups in total. The summed E-state index contributed by atoms with van der Waals surface area (Å²) in [4.78, 5) is 4.28. The number of aromatic nitrogens is 1. The predicted molar refractivity (Wildman–Crippen MR) is 55.5 cm³/mol. The number of rotatable bonds is 3. The maximum absolute atomic E-state index is 4.28. The van der Waals surface area contributed by atoms with Gasteiger partial charge in [-0.3, -0.25) is 0 Å². The molecule has 0 atom stereocenters. The quantitative estimate of drug-likeness (QED) is 0.806. The highest BCUT2D eigenvalue weighted by Gasteiger charge is 1.98. The minimum atomic E-state index is 0.899. The molecule has 12 heavy (non-hydrogen) atoms. The molecule has 0 spiro atoms. The number of nitrogens with one attached hydrogen (secondary N) is 1. The zero-order valence-corrected chi connectivity index (χ0v) is 8.98. The Balaban J connectivity index is 2.72. The summed E-state index contributed by atoms with van der Waals surface area (Å²) in [5.74, 6) is 0. The van der Waals surface area contributed by atoms with E-state index < -0.39 is 0 Å². The number of hydrogen-bond acceptors (Lipinski definition) is 2. The normalized spacial score (nSPS) is 9.92. The molecule has 0 aliphatic carbocycles. The van der Waals surface area contributed by atoms with E-state index in [2.05, 4.69) is 33.2 Å². The van der Waals surface area contributed by atoms with Crippen LogP contribution in [0.5, 0.6) is 0 Å². The summed E-state index contributed by atoms with van der Waals surface area (Å²) in [6.07, 6.45) is 1.13. The summed E-state index contributed by atoms with van der Waals surface area (Å²) in [6, 6.07) is 4.05. The van der Waals surface area contributed by atoms with Crippen LogP contribution in [0.1, 0.15) is 19.0 Å². The Morgan fingerprint density at radius 2 is 2.25 bits per heavy atom. The first-order valence-electron chi connectivity index (χ1n) is 4.11. The van der Waals surface area contributed by atoms with Crippen LogP contribution in [0.2, 0.25) is 0 Å². The van der Waals surface area contributed by atoms with Crippen molar-refractivity contribution in [3.63, 3.8) is 0 Å². The van der Waals surface area contributed by atoms with Crippen LogP contribution in [0.3, 0.4) is 0 Å². The van der Waals surface area contributed by atoms with E-state index in [1.807, 2.05) is 19.1 Å². The zero-order valence-electron chi connectivity index (χ0n) is 7.39. The summed E-state index contributed by atoms with van der Waals surface area (Å²) in [7, 11) is 0. The zero-order chi connectivity index (χ0) is 8.97. The Labute approximate surface area is 81.5 Å². The molecule has 1 aromatic rings. The maximum atomic E-state index is 4.28. The predicted octanol–water partition coefficient (Wildman–Crippen LogP) is 2.97. The fraction of sp³-hybridized carbons (Fsp3) is 0.444. The van der Waals surface area contributed by atoms with Crippen LogP contribution >= 0.6 is 15.9 Å². The summed E-state index contributed by atoms with van der Waals surface area (Å²) >= 11 is 3.40. The van der Waals surface area contributed by atoms with Gasteiger partial charge in [-0.05, 0) is 41.4 Å². The highest BCUT2D eigenvalue weighted by molar-refractivity contribution is 9.10. The molecule has 0 amide bonds. The molecule has 3 heteroatoms. The van der Waals surface area contributed by atoms with Crippen molar-refractivity contribution in [3.8, 4) is 0 Å². The molecule has 0 aliphatic heterocycles. The molecule has 66 valence electrons. The van der Waals surface area contributed by atoms with Crippen LogP contribution in [0, 0.1) is 6.92 Å². The van der Waals surface area contributed by atoms with E-state index in [9.17, 15) is 0 Å². The minimum absolute atomic E-state index is 0.899. The highest BCUT2D eigenvalue weighted by atomic mass is 79.9. The molecule has 1 heterocycles. The SMILES string of the molecule is CCCNc1ccc(C)nc1Br. The van der Waals surface area contributed by atoms with E-state index in [-0.39, 0.29) is 0 Å². The number of aryl methyl sites for hydroxylation is 1. The van der Waals surface area contributed by atoms with Gasteiger partial charge in [-0.2, -0.15) is 0 Å². The third-order valence-corrected chi connectivity index (χ3v) is 2.16. The maximum Gasteiger partial charge on any atom is 0.129 e. The van der Waals surface area contributed by atoms with Gasteiger partial charge in [0, 0.05) is 12.2 Å². The first kappa shape index (κ1) is 9.52. The van der Waals surface area contributed by atoms with Gasteiger partial charge in [0.05, 0.1) is 5.69 Å². The van der Waals surface area contributed by atoms with Crippen LogP contribution in [-0.4, -0.2) is 11.5 Å². The summed E-state index contributed by atoms with van der Waals surface area (Å²) in [5, 5.41) is 3.28. The van der Waals surface area contributed by atoms with Crippen LogP contribution < -0.4 is 5.32 Å². The number of hydrogen-bond donors (Lipinski definition) is 1. The van der Waals surface area contributed by atoms with E-state index in [0.29, 0.717) is 0 Å². The summed E-state index contributed by atoms with van der Waals surface area (Å²) in [6.45, 7) is 5.11. The highest BCUT2D eigenvalue weighted by Crippen LogP contribution is 2.19. The fourth-order valence-electron chi connectivity index (χ4n) is 0.917. The van der Waals surface area contributed by atoms with E-state index in [1.54, 1.807) is 0 Å². The molecular formula is C9H13BrN2. The van der Waals surface area contributed by atoms with Gasteiger partial charge in [0.2, 0.25) is 0 Å². The van der Waals surface area contributed by atoms with Crippen LogP contribution in [0.15, 0.2) is 16.7 Å². The standard InChI is InChI=1S/C9H13BrN2/c1-3-6-11-8-5-4-7(2)12-9(8)10/h4-5,11H,3,6H2,1-2H3. The summed E-state index contributed by atoms with van der Waals surface area (Å²) in [5.41, 5.74) is 2.10. The van der Waals surface area contributed by atoms with Gasteiger partial charge in [-0.15, -0.1) is 0 Å². The van der Waals surface area contributed by atoms with Crippen molar-refractivity contribution >= 4 is 21.6 Å². The van der Waals surface area contributed by atoms with Crippen molar-refractivity contribution in [1.82, 2.24) is 4.98 Å². The lowest BCUT2D eigenvalue weighted by atomic mass is 10.3. The molecular weight excluding hydrogens is 216 g/mol. The molecule has 0 radical (unpaired) electrons. The molecule has 0 fully saturated rings. The molecule has 0 saturated carbocycles. The van der Waals surface area contributed by atoms with Gasteiger partial charge < -0.3 is 5.32 Å². The van der Waals surface area contributed by atoms with E-state index in [0.717, 1.165) is 29.0 Å². The van der Waals surface area contributed by atoms with Crippen molar-refractivity contribution in [2.45, 2.75) is 20.3 Å². The van der Waals surface area contributed by atoms with E-state index >= 15 is 0 Å². The van der Waals surface area contributed by atoms with Crippen LogP contribution in [-0.2, 0) is 0 Å². The van der Waals surface area contributed by atoms with Gasteiger partial charge in [0.15, 0.2) is 0 Å². The first-order valence-corrected chi connectivity index (χ1v) is 4.90. The Kier molecular flexibility index (Phi) is 3.53. The Bertz CT molecular complexity index is 261. The second-order valence-electron chi connectivity index (χ2n) is 2.72. The van der Waals surface area contributed by atoms with Gasteiger partial charge in [-0.25, -0.2) is 4.98 Å². The minimum Gasteiger partial charge on any atom is -0.383 e. The fourth-order valence-corrected chi connectivity index (χ4v) is 1.47. The van der Waals surface area contributed by atoms with Gasteiger partial charge >= 0.3 is 0 Å². The molecule has 2 nitrogen and oxygen atoms in total. The van der Waals surface area contributed by atoms with Gasteiger partial charge in [-0.1, -0.05) is 6.92 Å². The topological polar surface area (TPSA) is 24.9 Å². The lowest BCUT2D eigenvalue weighted by Crippen LogP contribution is -2.01. The van der Waals surface area contributed by atoms with E-state index in [4.69, 9.17) is 0 Å². The monoisotopic (exact) mass is 228 g/mol. The smallest absolute Gasteiger partial charge is 0.129 e. The number of nitrogens with zero attached hydrogens (tertiary/aromatic N) is 1. The van der Waals surface area contributed by atoms with Crippen molar-refractivity contribution in [1.29, 1.82) is 0 Å². The first-order chi connectivity index (χ1) is 5.74. The number of anilines is 1. The van der Waals surface area contributed by atoms with Crippen molar-refractivity contribution < 1.29 is 0 Å². The average Bonchev–Trinajstić information content (AvgIpc) is 2.03. The molecule has 0 aliphatic rings. The number of pyridine rings is 1. The second kappa shape index (κ2) is 4.45. The second-order valence-corrected chi connectivity index (χ2v) is 3.47. The van der Waals surface area contributed by atoms with Crippen molar-refractivity contribution in [3.05, 3.63) is 22.4 Å². The van der Waals surface area contributed by atoms with Crippen molar-refractivity contribution in [2.24, 2.45) is 0 Å². The molecule has 0 unspecified atom stereocenters. The van der Waals surface area contributed by atoms with Gasteiger partial charge in [0.25, 0.3) is 0 Å².